The molecule has 1 aromatic carbocycles. The molecule has 0 bridgehead atoms. The Morgan fingerprint density at radius 2 is 2.22 bits per heavy atom. The molecule has 0 unspecified atom stereocenters. The molecule has 5 nitrogen and oxygen atoms in total. The van der Waals surface area contributed by atoms with Gasteiger partial charge in [0.15, 0.2) is 4.34 Å². The summed E-state index contributed by atoms with van der Waals surface area (Å²) in [5.41, 5.74) is 5.15. The van der Waals surface area contributed by atoms with Gasteiger partial charge < -0.3 is 5.73 Å². The summed E-state index contributed by atoms with van der Waals surface area (Å²) in [5.74, 6) is 1.70. The first-order chi connectivity index (χ1) is 11.1. The number of benzene rings is 1. The van der Waals surface area contributed by atoms with Crippen LogP contribution < -0.4 is 5.73 Å². The monoisotopic (exact) mass is 352 g/mol. The SMILES string of the molecule is CC[C@H](C)[C@H]([NH3+])c1nnc2sc(SCc3cccc(F)c3)nn12. The largest absolute Gasteiger partial charge is 0.348 e. The summed E-state index contributed by atoms with van der Waals surface area (Å²) in [6, 6.07) is 6.71. The van der Waals surface area contributed by atoms with Gasteiger partial charge in [0.2, 0.25) is 10.8 Å². The van der Waals surface area contributed by atoms with E-state index in [-0.39, 0.29) is 11.9 Å². The van der Waals surface area contributed by atoms with Crippen molar-refractivity contribution in [3.05, 3.63) is 41.5 Å². The van der Waals surface area contributed by atoms with Crippen molar-refractivity contribution in [2.75, 3.05) is 0 Å². The molecule has 3 rings (SSSR count). The van der Waals surface area contributed by atoms with E-state index in [1.165, 1.54) is 17.4 Å². The second-order valence-electron chi connectivity index (χ2n) is 5.53. The lowest BCUT2D eigenvalue weighted by Crippen LogP contribution is -2.57. The molecule has 2 atom stereocenters. The maximum atomic E-state index is 13.2. The topological polar surface area (TPSA) is 70.7 Å². The van der Waals surface area contributed by atoms with E-state index in [1.807, 2.05) is 6.07 Å². The third-order valence-corrected chi connectivity index (χ3v) is 6.01. The molecule has 0 fully saturated rings. The van der Waals surface area contributed by atoms with Crippen molar-refractivity contribution in [1.82, 2.24) is 19.8 Å². The van der Waals surface area contributed by atoms with Gasteiger partial charge in [-0.05, 0) is 24.1 Å². The number of quaternary nitrogens is 1. The first-order valence-electron chi connectivity index (χ1n) is 7.51. The normalized spacial score (nSPS) is 14.3. The minimum Gasteiger partial charge on any atom is -0.348 e. The van der Waals surface area contributed by atoms with Gasteiger partial charge >= 0.3 is 0 Å². The Morgan fingerprint density at radius 3 is 2.96 bits per heavy atom. The number of rotatable bonds is 6. The third-order valence-electron chi connectivity index (χ3n) is 3.91. The molecule has 23 heavy (non-hydrogen) atoms. The zero-order valence-corrected chi connectivity index (χ0v) is 14.7. The van der Waals surface area contributed by atoms with Crippen molar-refractivity contribution in [1.29, 1.82) is 0 Å². The molecule has 0 aliphatic heterocycles. The lowest BCUT2D eigenvalue weighted by Gasteiger charge is -2.11. The standard InChI is InChI=1S/C15H18FN5S2/c1-3-9(2)12(17)13-18-19-14-21(13)20-15(23-14)22-8-10-5-4-6-11(16)7-10/h4-7,9,12H,3,8,17H2,1-2H3/p+1/t9-,12-/m0/s1. The Kier molecular flexibility index (Phi) is 4.93. The Morgan fingerprint density at radius 1 is 1.39 bits per heavy atom. The van der Waals surface area contributed by atoms with Crippen LogP contribution in [-0.4, -0.2) is 19.8 Å². The van der Waals surface area contributed by atoms with Crippen LogP contribution in [0.5, 0.6) is 0 Å². The third kappa shape index (κ3) is 3.54. The van der Waals surface area contributed by atoms with Crippen LogP contribution in [-0.2, 0) is 5.75 Å². The van der Waals surface area contributed by atoms with Crippen molar-refractivity contribution in [3.8, 4) is 0 Å². The van der Waals surface area contributed by atoms with E-state index in [1.54, 1.807) is 28.4 Å². The van der Waals surface area contributed by atoms with E-state index in [4.69, 9.17) is 0 Å². The zero-order chi connectivity index (χ0) is 16.4. The van der Waals surface area contributed by atoms with Crippen LogP contribution in [0.3, 0.4) is 0 Å². The van der Waals surface area contributed by atoms with E-state index in [2.05, 4.69) is 34.9 Å². The number of halogens is 1. The van der Waals surface area contributed by atoms with Crippen LogP contribution in [0.1, 0.15) is 37.7 Å². The maximum Gasteiger partial charge on any atom is 0.235 e. The molecule has 0 spiro atoms. The summed E-state index contributed by atoms with van der Waals surface area (Å²) in [4.78, 5) is 0.777. The van der Waals surface area contributed by atoms with E-state index in [0.29, 0.717) is 11.7 Å². The van der Waals surface area contributed by atoms with Gasteiger partial charge in [0.25, 0.3) is 0 Å². The van der Waals surface area contributed by atoms with Gasteiger partial charge in [0.1, 0.15) is 11.9 Å². The Balaban J connectivity index is 1.77. The molecule has 0 saturated carbocycles. The molecular formula is C15H19FN5S2+. The maximum absolute atomic E-state index is 13.2. The number of hydrogen-bond acceptors (Lipinski definition) is 5. The van der Waals surface area contributed by atoms with Gasteiger partial charge in [-0.1, -0.05) is 49.1 Å². The quantitative estimate of drug-likeness (QED) is 0.693. The first-order valence-corrected chi connectivity index (χ1v) is 9.31. The predicted octanol–water partition coefficient (Wildman–Crippen LogP) is 2.95. The average molecular weight is 352 g/mol. The Hall–Kier alpha value is -1.51. The number of hydrogen-bond donors (Lipinski definition) is 1. The highest BCUT2D eigenvalue weighted by molar-refractivity contribution is 8.00. The zero-order valence-electron chi connectivity index (χ0n) is 13.1. The second kappa shape index (κ2) is 6.94. The number of aromatic nitrogens is 4. The summed E-state index contributed by atoms with van der Waals surface area (Å²) in [6.45, 7) is 4.30. The fourth-order valence-corrected chi connectivity index (χ4v) is 4.04. The molecule has 0 aliphatic rings. The highest BCUT2D eigenvalue weighted by Crippen LogP contribution is 2.29. The minimum atomic E-state index is -0.211. The van der Waals surface area contributed by atoms with Crippen molar-refractivity contribution < 1.29 is 10.1 Å². The number of thioether (sulfide) groups is 1. The summed E-state index contributed by atoms with van der Waals surface area (Å²) in [5, 5.41) is 13.0. The molecule has 2 aromatic heterocycles. The molecule has 122 valence electrons. The smallest absolute Gasteiger partial charge is 0.235 e. The molecule has 3 N–H and O–H groups in total. The van der Waals surface area contributed by atoms with Gasteiger partial charge in [0, 0.05) is 11.7 Å². The molecule has 0 aliphatic carbocycles. The summed E-state index contributed by atoms with van der Waals surface area (Å²) < 4.78 is 15.9. The number of nitrogens with zero attached hydrogens (tertiary/aromatic N) is 4. The van der Waals surface area contributed by atoms with Crippen molar-refractivity contribution in [3.63, 3.8) is 0 Å². The van der Waals surface area contributed by atoms with Crippen LogP contribution in [0, 0.1) is 11.7 Å². The molecule has 3 aromatic rings. The van der Waals surface area contributed by atoms with Crippen LogP contribution in [0.15, 0.2) is 28.6 Å². The van der Waals surface area contributed by atoms with E-state index in [0.717, 1.165) is 27.1 Å². The van der Waals surface area contributed by atoms with Crippen LogP contribution in [0.25, 0.3) is 4.96 Å². The van der Waals surface area contributed by atoms with Crippen molar-refractivity contribution >= 4 is 28.1 Å². The Bertz CT molecular complexity index is 800. The fraction of sp³-hybridized carbons (Fsp3) is 0.400. The fourth-order valence-electron chi connectivity index (χ4n) is 2.21. The van der Waals surface area contributed by atoms with Gasteiger partial charge in [-0.3, -0.25) is 0 Å². The van der Waals surface area contributed by atoms with Gasteiger partial charge in [-0.25, -0.2) is 4.39 Å². The first kappa shape index (κ1) is 16.4. The molecule has 0 radical (unpaired) electrons. The summed E-state index contributed by atoms with van der Waals surface area (Å²) >= 11 is 3.08. The predicted molar refractivity (Wildman–Crippen MR) is 89.7 cm³/mol. The van der Waals surface area contributed by atoms with E-state index >= 15 is 0 Å². The second-order valence-corrected chi connectivity index (χ2v) is 7.71. The number of fused-ring (bicyclic) bond motifs is 1. The highest BCUT2D eigenvalue weighted by atomic mass is 32.2. The molecule has 0 amide bonds. The lowest BCUT2D eigenvalue weighted by atomic mass is 10.00. The van der Waals surface area contributed by atoms with Crippen LogP contribution in [0.4, 0.5) is 4.39 Å². The average Bonchev–Trinajstić information content (AvgIpc) is 3.11. The summed E-state index contributed by atoms with van der Waals surface area (Å²) in [6.07, 6.45) is 1.04. The molecule has 8 heteroatoms. The molecular weight excluding hydrogens is 333 g/mol. The molecule has 0 saturated heterocycles. The summed E-state index contributed by atoms with van der Waals surface area (Å²) in [7, 11) is 0. The Labute approximate surface area is 142 Å². The van der Waals surface area contributed by atoms with Gasteiger partial charge in [-0.2, -0.15) is 4.52 Å². The van der Waals surface area contributed by atoms with E-state index < -0.39 is 0 Å². The van der Waals surface area contributed by atoms with Crippen LogP contribution >= 0.6 is 23.1 Å². The van der Waals surface area contributed by atoms with Gasteiger partial charge in [-0.15, -0.1) is 15.3 Å². The van der Waals surface area contributed by atoms with Crippen molar-refractivity contribution in [2.24, 2.45) is 5.92 Å². The van der Waals surface area contributed by atoms with Crippen molar-refractivity contribution in [2.45, 2.75) is 36.4 Å². The lowest BCUT2D eigenvalue weighted by molar-refractivity contribution is -0.441. The minimum absolute atomic E-state index is 0.0677. The highest BCUT2D eigenvalue weighted by Gasteiger charge is 2.24. The van der Waals surface area contributed by atoms with E-state index in [9.17, 15) is 4.39 Å². The molecule has 2 heterocycles. The van der Waals surface area contributed by atoms with Crippen LogP contribution in [0.2, 0.25) is 0 Å². The van der Waals surface area contributed by atoms with Gasteiger partial charge in [0.05, 0.1) is 0 Å².